The molecular formula is C8H17NO2. The van der Waals surface area contributed by atoms with Crippen LogP contribution >= 0.6 is 0 Å². The molecule has 1 aliphatic heterocycles. The van der Waals surface area contributed by atoms with Crippen LogP contribution in [-0.2, 0) is 4.74 Å². The Morgan fingerprint density at radius 2 is 2.09 bits per heavy atom. The van der Waals surface area contributed by atoms with Crippen molar-refractivity contribution in [3.63, 3.8) is 0 Å². The number of aliphatic hydroxyl groups excluding tert-OH is 1. The molecule has 3 heteroatoms. The SMILES string of the molecule is C[C@H](CO)CN1CCOCC1. The molecule has 0 spiro atoms. The topological polar surface area (TPSA) is 32.7 Å². The van der Waals surface area contributed by atoms with Gasteiger partial charge in [-0.25, -0.2) is 0 Å². The lowest BCUT2D eigenvalue weighted by Crippen LogP contribution is -2.39. The lowest BCUT2D eigenvalue weighted by atomic mass is 10.2. The Morgan fingerprint density at radius 3 is 2.64 bits per heavy atom. The highest BCUT2D eigenvalue weighted by atomic mass is 16.5. The van der Waals surface area contributed by atoms with Crippen LogP contribution in [0.2, 0.25) is 0 Å². The first-order valence-electron chi connectivity index (χ1n) is 4.24. The third-order valence-corrected chi connectivity index (χ3v) is 1.99. The fraction of sp³-hybridized carbons (Fsp3) is 1.00. The van der Waals surface area contributed by atoms with Crippen molar-refractivity contribution in [2.24, 2.45) is 5.92 Å². The van der Waals surface area contributed by atoms with Gasteiger partial charge < -0.3 is 9.84 Å². The summed E-state index contributed by atoms with van der Waals surface area (Å²) in [6.45, 7) is 7.08. The van der Waals surface area contributed by atoms with Crippen LogP contribution in [0.4, 0.5) is 0 Å². The first-order valence-corrected chi connectivity index (χ1v) is 4.24. The lowest BCUT2D eigenvalue weighted by molar-refractivity contribution is 0.0273. The summed E-state index contributed by atoms with van der Waals surface area (Å²) in [4.78, 5) is 2.34. The summed E-state index contributed by atoms with van der Waals surface area (Å²) in [6.07, 6.45) is 0. The maximum absolute atomic E-state index is 8.81. The van der Waals surface area contributed by atoms with E-state index in [4.69, 9.17) is 9.84 Å². The van der Waals surface area contributed by atoms with Gasteiger partial charge >= 0.3 is 0 Å². The van der Waals surface area contributed by atoms with Crippen LogP contribution in [0.5, 0.6) is 0 Å². The predicted molar refractivity (Wildman–Crippen MR) is 43.5 cm³/mol. The number of aliphatic hydroxyl groups is 1. The fourth-order valence-electron chi connectivity index (χ4n) is 1.28. The second-order valence-corrected chi connectivity index (χ2v) is 3.20. The first-order chi connectivity index (χ1) is 5.33. The molecule has 0 radical (unpaired) electrons. The summed E-state index contributed by atoms with van der Waals surface area (Å²) in [5.41, 5.74) is 0. The molecule has 1 N–H and O–H groups in total. The number of hydrogen-bond acceptors (Lipinski definition) is 3. The molecule has 3 nitrogen and oxygen atoms in total. The van der Waals surface area contributed by atoms with Crippen LogP contribution in [0.1, 0.15) is 6.92 Å². The van der Waals surface area contributed by atoms with Gasteiger partial charge in [0.1, 0.15) is 0 Å². The molecular weight excluding hydrogens is 142 g/mol. The number of nitrogens with zero attached hydrogens (tertiary/aromatic N) is 1. The van der Waals surface area contributed by atoms with E-state index < -0.39 is 0 Å². The Morgan fingerprint density at radius 1 is 1.45 bits per heavy atom. The molecule has 0 aromatic carbocycles. The van der Waals surface area contributed by atoms with Crippen LogP contribution in [-0.4, -0.2) is 49.5 Å². The maximum atomic E-state index is 8.81. The van der Waals surface area contributed by atoms with E-state index in [2.05, 4.69) is 11.8 Å². The quantitative estimate of drug-likeness (QED) is 0.626. The highest BCUT2D eigenvalue weighted by Crippen LogP contribution is 2.01. The predicted octanol–water partition coefficient (Wildman–Crippen LogP) is -0.0530. The summed E-state index contributed by atoms with van der Waals surface area (Å²) in [7, 11) is 0. The second kappa shape index (κ2) is 4.70. The number of rotatable bonds is 3. The molecule has 1 rings (SSSR count). The molecule has 0 amide bonds. The largest absolute Gasteiger partial charge is 0.396 e. The smallest absolute Gasteiger partial charge is 0.0594 e. The summed E-state index contributed by atoms with van der Waals surface area (Å²) in [6, 6.07) is 0. The van der Waals surface area contributed by atoms with E-state index in [1.807, 2.05) is 0 Å². The van der Waals surface area contributed by atoms with Crippen molar-refractivity contribution in [3.05, 3.63) is 0 Å². The molecule has 1 atom stereocenters. The van der Waals surface area contributed by atoms with Crippen molar-refractivity contribution in [2.75, 3.05) is 39.5 Å². The van der Waals surface area contributed by atoms with Crippen LogP contribution < -0.4 is 0 Å². The Hall–Kier alpha value is -0.120. The van der Waals surface area contributed by atoms with E-state index in [-0.39, 0.29) is 6.61 Å². The van der Waals surface area contributed by atoms with Gasteiger partial charge in [-0.15, -0.1) is 0 Å². The standard InChI is InChI=1S/C8H17NO2/c1-8(7-10)6-9-2-4-11-5-3-9/h8,10H,2-7H2,1H3/t8-/m0/s1. The Kier molecular flexibility index (Phi) is 3.83. The third kappa shape index (κ3) is 3.18. The van der Waals surface area contributed by atoms with Crippen molar-refractivity contribution in [2.45, 2.75) is 6.92 Å². The van der Waals surface area contributed by atoms with Gasteiger partial charge in [0, 0.05) is 26.2 Å². The minimum absolute atomic E-state index is 0.289. The monoisotopic (exact) mass is 159 g/mol. The molecule has 0 aromatic rings. The molecule has 11 heavy (non-hydrogen) atoms. The molecule has 1 heterocycles. The van der Waals surface area contributed by atoms with Gasteiger partial charge in [0.25, 0.3) is 0 Å². The average molecular weight is 159 g/mol. The Bertz CT molecular complexity index is 102. The molecule has 1 aliphatic rings. The number of morpholine rings is 1. The van der Waals surface area contributed by atoms with Gasteiger partial charge in [-0.1, -0.05) is 6.92 Å². The van der Waals surface area contributed by atoms with E-state index in [1.54, 1.807) is 0 Å². The van der Waals surface area contributed by atoms with Gasteiger partial charge in [-0.05, 0) is 5.92 Å². The molecule has 0 aromatic heterocycles. The van der Waals surface area contributed by atoms with Crippen LogP contribution in [0.25, 0.3) is 0 Å². The number of ether oxygens (including phenoxy) is 1. The van der Waals surface area contributed by atoms with Gasteiger partial charge in [0.05, 0.1) is 13.2 Å². The highest BCUT2D eigenvalue weighted by Gasteiger charge is 2.12. The van der Waals surface area contributed by atoms with Crippen molar-refractivity contribution >= 4 is 0 Å². The van der Waals surface area contributed by atoms with Crippen LogP contribution in [0.15, 0.2) is 0 Å². The normalized spacial score (nSPS) is 23.5. The summed E-state index contributed by atoms with van der Waals surface area (Å²) in [5, 5.41) is 8.81. The van der Waals surface area contributed by atoms with Gasteiger partial charge in [0.15, 0.2) is 0 Å². The van der Waals surface area contributed by atoms with Gasteiger partial charge in [-0.3, -0.25) is 4.90 Å². The van der Waals surface area contributed by atoms with E-state index in [1.165, 1.54) is 0 Å². The zero-order valence-corrected chi connectivity index (χ0v) is 7.12. The molecule has 1 fully saturated rings. The third-order valence-electron chi connectivity index (χ3n) is 1.99. The first kappa shape index (κ1) is 8.97. The Balaban J connectivity index is 2.13. The number of hydrogen-bond donors (Lipinski definition) is 1. The molecule has 1 saturated heterocycles. The summed E-state index contributed by atoms with van der Waals surface area (Å²) in [5.74, 6) is 0.396. The average Bonchev–Trinajstić information content (AvgIpc) is 2.06. The molecule has 66 valence electrons. The van der Waals surface area contributed by atoms with E-state index in [0.717, 1.165) is 32.8 Å². The van der Waals surface area contributed by atoms with E-state index in [9.17, 15) is 0 Å². The van der Waals surface area contributed by atoms with Crippen molar-refractivity contribution in [1.29, 1.82) is 0 Å². The zero-order valence-electron chi connectivity index (χ0n) is 7.12. The molecule has 0 aliphatic carbocycles. The van der Waals surface area contributed by atoms with Crippen molar-refractivity contribution in [1.82, 2.24) is 4.90 Å². The maximum Gasteiger partial charge on any atom is 0.0594 e. The molecule has 0 bridgehead atoms. The van der Waals surface area contributed by atoms with Crippen LogP contribution in [0.3, 0.4) is 0 Å². The second-order valence-electron chi connectivity index (χ2n) is 3.20. The minimum atomic E-state index is 0.289. The van der Waals surface area contributed by atoms with E-state index in [0.29, 0.717) is 5.92 Å². The lowest BCUT2D eigenvalue weighted by Gasteiger charge is -2.28. The van der Waals surface area contributed by atoms with Gasteiger partial charge in [-0.2, -0.15) is 0 Å². The van der Waals surface area contributed by atoms with Crippen LogP contribution in [0, 0.1) is 5.92 Å². The molecule has 0 unspecified atom stereocenters. The van der Waals surface area contributed by atoms with Crippen molar-refractivity contribution in [3.8, 4) is 0 Å². The summed E-state index contributed by atoms with van der Waals surface area (Å²) >= 11 is 0. The zero-order chi connectivity index (χ0) is 8.10. The fourth-order valence-corrected chi connectivity index (χ4v) is 1.28. The van der Waals surface area contributed by atoms with Crippen molar-refractivity contribution < 1.29 is 9.84 Å². The minimum Gasteiger partial charge on any atom is -0.396 e. The highest BCUT2D eigenvalue weighted by molar-refractivity contribution is 4.64. The summed E-state index contributed by atoms with van der Waals surface area (Å²) < 4.78 is 5.21. The molecule has 0 saturated carbocycles. The van der Waals surface area contributed by atoms with E-state index >= 15 is 0 Å². The van der Waals surface area contributed by atoms with Gasteiger partial charge in [0.2, 0.25) is 0 Å². The Labute approximate surface area is 68.0 Å².